The molecule has 0 unspecified atom stereocenters. The van der Waals surface area contributed by atoms with E-state index in [1.165, 1.54) is 6.07 Å². The van der Waals surface area contributed by atoms with Crippen molar-refractivity contribution in [1.29, 1.82) is 0 Å². The Morgan fingerprint density at radius 3 is 2.50 bits per heavy atom. The molecule has 0 aliphatic carbocycles. The third-order valence-electron chi connectivity index (χ3n) is 3.26. The first-order valence-corrected chi connectivity index (χ1v) is 6.51. The Labute approximate surface area is 108 Å². The lowest BCUT2D eigenvalue weighted by Crippen LogP contribution is -2.26. The van der Waals surface area contributed by atoms with Gasteiger partial charge in [-0.2, -0.15) is 0 Å². The highest BCUT2D eigenvalue weighted by molar-refractivity contribution is 5.34. The first kappa shape index (κ1) is 13.3. The summed E-state index contributed by atoms with van der Waals surface area (Å²) in [6.45, 7) is 7.73. The van der Waals surface area contributed by atoms with Gasteiger partial charge in [0.15, 0.2) is 11.6 Å². The third kappa shape index (κ3) is 3.22. The van der Waals surface area contributed by atoms with Gasteiger partial charge >= 0.3 is 0 Å². The molecule has 100 valence electrons. The maximum absolute atomic E-state index is 13.8. The Balaban J connectivity index is 2.15. The minimum absolute atomic E-state index is 0.00147. The fourth-order valence-corrected chi connectivity index (χ4v) is 2.03. The van der Waals surface area contributed by atoms with Crippen molar-refractivity contribution in [2.24, 2.45) is 0 Å². The molecule has 0 N–H and O–H groups in total. The normalized spacial score (nSPS) is 17.8. The molecule has 1 aromatic rings. The summed E-state index contributed by atoms with van der Waals surface area (Å²) in [5.74, 6) is 0.0869. The number of benzene rings is 1. The fourth-order valence-electron chi connectivity index (χ4n) is 2.03. The molecule has 1 heterocycles. The van der Waals surface area contributed by atoms with E-state index in [1.54, 1.807) is 0 Å². The van der Waals surface area contributed by atoms with Gasteiger partial charge in [0.2, 0.25) is 0 Å². The topological polar surface area (TPSA) is 18.5 Å². The molecule has 2 rings (SSSR count). The van der Waals surface area contributed by atoms with E-state index in [0.29, 0.717) is 19.0 Å². The summed E-state index contributed by atoms with van der Waals surface area (Å²) in [5.41, 5.74) is 1.09. The molecule has 0 atom stereocenters. The molecule has 18 heavy (non-hydrogen) atoms. The van der Waals surface area contributed by atoms with E-state index < -0.39 is 0 Å². The van der Waals surface area contributed by atoms with Crippen LogP contribution in [0.5, 0.6) is 5.75 Å². The number of ether oxygens (including phenoxy) is 2. The van der Waals surface area contributed by atoms with Crippen molar-refractivity contribution in [2.75, 3.05) is 13.2 Å². The van der Waals surface area contributed by atoms with Crippen molar-refractivity contribution >= 4 is 0 Å². The second-order valence-electron chi connectivity index (χ2n) is 5.82. The number of hydrogen-bond donors (Lipinski definition) is 0. The summed E-state index contributed by atoms with van der Waals surface area (Å²) in [5, 5.41) is 0. The zero-order valence-electron chi connectivity index (χ0n) is 11.3. The van der Waals surface area contributed by atoms with Crippen LogP contribution in [-0.2, 0) is 10.2 Å². The lowest BCUT2D eigenvalue weighted by molar-refractivity contribution is 0.0239. The summed E-state index contributed by atoms with van der Waals surface area (Å²) in [7, 11) is 0. The van der Waals surface area contributed by atoms with Gasteiger partial charge in [-0.05, 0) is 23.1 Å². The van der Waals surface area contributed by atoms with E-state index >= 15 is 0 Å². The molecule has 0 radical (unpaired) electrons. The van der Waals surface area contributed by atoms with Crippen LogP contribution in [-0.4, -0.2) is 19.3 Å². The summed E-state index contributed by atoms with van der Waals surface area (Å²) in [4.78, 5) is 0. The van der Waals surface area contributed by atoms with E-state index in [1.807, 2.05) is 12.1 Å². The summed E-state index contributed by atoms with van der Waals surface area (Å²) >= 11 is 0. The van der Waals surface area contributed by atoms with E-state index in [2.05, 4.69) is 20.8 Å². The van der Waals surface area contributed by atoms with Crippen molar-refractivity contribution in [3.8, 4) is 5.75 Å². The van der Waals surface area contributed by atoms with Crippen LogP contribution in [0.4, 0.5) is 4.39 Å². The molecular formula is C15H21FO2. The predicted octanol–water partition coefficient (Wildman–Crippen LogP) is 3.68. The van der Waals surface area contributed by atoms with Gasteiger partial charge in [-0.15, -0.1) is 0 Å². The van der Waals surface area contributed by atoms with Gasteiger partial charge in [0.1, 0.15) is 6.10 Å². The molecular weight excluding hydrogens is 231 g/mol. The standard InChI is InChI=1S/C15H21FO2/c1-15(2,3)11-4-5-13(16)14(10-11)18-12-6-8-17-9-7-12/h4-5,10,12H,6-9H2,1-3H3. The molecule has 1 saturated heterocycles. The van der Waals surface area contributed by atoms with Crippen LogP contribution < -0.4 is 4.74 Å². The molecule has 1 aromatic carbocycles. The second kappa shape index (κ2) is 5.27. The van der Waals surface area contributed by atoms with E-state index in [4.69, 9.17) is 9.47 Å². The zero-order chi connectivity index (χ0) is 13.2. The van der Waals surface area contributed by atoms with Gasteiger partial charge < -0.3 is 9.47 Å². The van der Waals surface area contributed by atoms with Crippen molar-refractivity contribution < 1.29 is 13.9 Å². The Morgan fingerprint density at radius 2 is 1.89 bits per heavy atom. The Hall–Kier alpha value is -1.09. The van der Waals surface area contributed by atoms with Gasteiger partial charge in [-0.25, -0.2) is 4.39 Å². The summed E-state index contributed by atoms with van der Waals surface area (Å²) in [6, 6.07) is 5.15. The van der Waals surface area contributed by atoms with E-state index in [9.17, 15) is 4.39 Å². The molecule has 2 nitrogen and oxygen atoms in total. The lowest BCUT2D eigenvalue weighted by Gasteiger charge is -2.25. The van der Waals surface area contributed by atoms with E-state index in [-0.39, 0.29) is 17.3 Å². The number of hydrogen-bond acceptors (Lipinski definition) is 2. The monoisotopic (exact) mass is 252 g/mol. The zero-order valence-corrected chi connectivity index (χ0v) is 11.3. The highest BCUT2D eigenvalue weighted by atomic mass is 19.1. The van der Waals surface area contributed by atoms with Crippen molar-refractivity contribution in [3.63, 3.8) is 0 Å². The molecule has 0 spiro atoms. The SMILES string of the molecule is CC(C)(C)c1ccc(F)c(OC2CCOCC2)c1. The summed E-state index contributed by atoms with van der Waals surface area (Å²) in [6.07, 6.45) is 1.74. The minimum atomic E-state index is -0.283. The molecule has 3 heteroatoms. The average Bonchev–Trinajstić information content (AvgIpc) is 2.32. The minimum Gasteiger partial charge on any atom is -0.487 e. The first-order chi connectivity index (χ1) is 8.47. The van der Waals surface area contributed by atoms with Crippen LogP contribution in [0.3, 0.4) is 0 Å². The van der Waals surface area contributed by atoms with E-state index in [0.717, 1.165) is 18.4 Å². The van der Waals surface area contributed by atoms with Gasteiger partial charge in [0.05, 0.1) is 13.2 Å². The van der Waals surface area contributed by atoms with Gasteiger partial charge in [0, 0.05) is 12.8 Å². The maximum Gasteiger partial charge on any atom is 0.165 e. The van der Waals surface area contributed by atoms with Gasteiger partial charge in [-0.1, -0.05) is 26.8 Å². The smallest absolute Gasteiger partial charge is 0.165 e. The van der Waals surface area contributed by atoms with Crippen molar-refractivity contribution in [2.45, 2.75) is 45.1 Å². The third-order valence-corrected chi connectivity index (χ3v) is 3.26. The van der Waals surface area contributed by atoms with Crippen LogP contribution >= 0.6 is 0 Å². The largest absolute Gasteiger partial charge is 0.487 e. The average molecular weight is 252 g/mol. The predicted molar refractivity (Wildman–Crippen MR) is 69.6 cm³/mol. The second-order valence-corrected chi connectivity index (χ2v) is 5.82. The van der Waals surface area contributed by atoms with Crippen LogP contribution in [0.15, 0.2) is 18.2 Å². The summed E-state index contributed by atoms with van der Waals surface area (Å²) < 4.78 is 24.8. The highest BCUT2D eigenvalue weighted by Crippen LogP contribution is 2.29. The quantitative estimate of drug-likeness (QED) is 0.799. The van der Waals surface area contributed by atoms with Crippen LogP contribution in [0, 0.1) is 5.82 Å². The molecule has 0 saturated carbocycles. The van der Waals surface area contributed by atoms with Crippen molar-refractivity contribution in [3.05, 3.63) is 29.6 Å². The molecule has 0 amide bonds. The lowest BCUT2D eigenvalue weighted by atomic mass is 9.87. The Morgan fingerprint density at radius 1 is 1.22 bits per heavy atom. The van der Waals surface area contributed by atoms with Crippen LogP contribution in [0.2, 0.25) is 0 Å². The van der Waals surface area contributed by atoms with Crippen LogP contribution in [0.1, 0.15) is 39.2 Å². The molecule has 0 aromatic heterocycles. The highest BCUT2D eigenvalue weighted by Gasteiger charge is 2.20. The van der Waals surface area contributed by atoms with Gasteiger partial charge in [-0.3, -0.25) is 0 Å². The Kier molecular flexibility index (Phi) is 3.91. The van der Waals surface area contributed by atoms with Crippen LogP contribution in [0.25, 0.3) is 0 Å². The number of halogens is 1. The van der Waals surface area contributed by atoms with Gasteiger partial charge in [0.25, 0.3) is 0 Å². The fraction of sp³-hybridized carbons (Fsp3) is 0.600. The molecule has 1 fully saturated rings. The molecule has 1 aliphatic rings. The van der Waals surface area contributed by atoms with Crippen molar-refractivity contribution in [1.82, 2.24) is 0 Å². The number of rotatable bonds is 2. The molecule has 1 aliphatic heterocycles. The molecule has 0 bridgehead atoms. The maximum atomic E-state index is 13.8. The first-order valence-electron chi connectivity index (χ1n) is 6.51. The Bertz CT molecular complexity index is 403.